The predicted molar refractivity (Wildman–Crippen MR) is 235 cm³/mol. The summed E-state index contributed by atoms with van der Waals surface area (Å²) in [5, 5.41) is 75.7. The summed E-state index contributed by atoms with van der Waals surface area (Å²) in [4.78, 5) is 2.27. The monoisotopic (exact) mass is 939 g/mol. The molecule has 0 aliphatic heterocycles. The van der Waals surface area contributed by atoms with E-state index in [0.717, 1.165) is 24.3 Å². The maximum atomic E-state index is 12.5. The van der Waals surface area contributed by atoms with Crippen molar-refractivity contribution in [2.24, 2.45) is 35.7 Å². The largest absolute Gasteiger partial charge is 0.505 e. The standard InChI is InChI=1S/C40H29N9O13S3/c41-40(53)43-29-12-16-32-23(18-29)20-34(65(60,61)62)35(38(32)51)48-46-24-3-1-21(2-4-24)39(52)42-28-11-15-31-22(17-28)19-33(64(57,58)59)36(37(31)50)49-47-26-7-5-25(6-8-26)44-45-27-9-13-30(14-10-27)63(54,55)56/h1-20,50-51H,(H,42,52)(H3,41,43,53)(H,54,55,56)(H,57,58,59)(H,60,61,62). The lowest BCUT2D eigenvalue weighted by molar-refractivity contribution is 0.471. The molecule has 0 atom stereocenters. The minimum Gasteiger partial charge on any atom is -0.505 e. The fourth-order valence-electron chi connectivity index (χ4n) is 6.03. The fourth-order valence-corrected chi connectivity index (χ4v) is 7.82. The summed E-state index contributed by atoms with van der Waals surface area (Å²) in [6.07, 6.45) is 0. The summed E-state index contributed by atoms with van der Waals surface area (Å²) in [6, 6.07) is 25.6. The quantitative estimate of drug-likeness (QED) is 0.0238. The number of azo groups is 3. The van der Waals surface area contributed by atoms with Crippen molar-refractivity contribution < 1.29 is 59.3 Å². The van der Waals surface area contributed by atoms with E-state index in [1.165, 1.54) is 97.1 Å². The van der Waals surface area contributed by atoms with Gasteiger partial charge in [0.05, 0.1) is 33.3 Å². The Labute approximate surface area is 366 Å². The average molecular weight is 940 g/mol. The molecule has 65 heavy (non-hydrogen) atoms. The number of aliphatic imine (C=N–C) groups is 1. The predicted octanol–water partition coefficient (Wildman–Crippen LogP) is 9.93. The molecule has 0 amide bonds. The van der Waals surface area contributed by atoms with E-state index in [0.29, 0.717) is 11.4 Å². The van der Waals surface area contributed by atoms with Crippen LogP contribution in [0.25, 0.3) is 21.5 Å². The van der Waals surface area contributed by atoms with Gasteiger partial charge in [-0.05, 0) is 132 Å². The topological polar surface area (TPSA) is 366 Å². The number of nitrogens with one attached hydrogen (secondary N) is 2. The van der Waals surface area contributed by atoms with Crippen LogP contribution in [-0.4, -0.2) is 71.3 Å². The van der Waals surface area contributed by atoms with Gasteiger partial charge < -0.3 is 25.7 Å². The molecule has 0 bridgehead atoms. The minimum absolute atomic E-state index is 0.0743. The molecule has 0 saturated carbocycles. The smallest absolute Gasteiger partial charge is 0.296 e. The molecule has 330 valence electrons. The van der Waals surface area contributed by atoms with E-state index in [9.17, 15) is 54.8 Å². The highest BCUT2D eigenvalue weighted by atomic mass is 32.2. The normalized spacial score (nSPS) is 12.8. The van der Waals surface area contributed by atoms with E-state index in [-0.39, 0.29) is 54.8 Å². The number of phenolic OH excluding ortho intramolecular Hbond substituents is 2. The number of rotatable bonds is 12. The summed E-state index contributed by atoms with van der Waals surface area (Å²) in [5.41, 5.74) is 0.195. The van der Waals surface area contributed by atoms with Gasteiger partial charge in [0.25, 0.3) is 36.4 Å². The van der Waals surface area contributed by atoms with Gasteiger partial charge in [-0.15, -0.1) is 10.2 Å². The number of aliphatic hydroxyl groups is 2. The maximum Gasteiger partial charge on any atom is 0.296 e. The van der Waals surface area contributed by atoms with Gasteiger partial charge in [-0.3, -0.25) is 19.1 Å². The highest BCUT2D eigenvalue weighted by Gasteiger charge is 2.24. The zero-order valence-electron chi connectivity index (χ0n) is 32.5. The first-order valence-electron chi connectivity index (χ1n) is 18.0. The van der Waals surface area contributed by atoms with E-state index in [1.54, 1.807) is 0 Å². The molecule has 0 radical (unpaired) electrons. The first-order valence-corrected chi connectivity index (χ1v) is 22.4. The van der Waals surface area contributed by atoms with Gasteiger partial charge in [-0.25, -0.2) is 4.99 Å². The molecule has 22 nitrogen and oxygen atoms in total. The van der Waals surface area contributed by atoms with E-state index >= 15 is 0 Å². The van der Waals surface area contributed by atoms with Gasteiger partial charge >= 0.3 is 0 Å². The van der Waals surface area contributed by atoms with E-state index in [1.807, 2.05) is 0 Å². The third kappa shape index (κ3) is 10.4. The number of aromatic hydroxyl groups is 2. The summed E-state index contributed by atoms with van der Waals surface area (Å²) >= 11 is 0. The van der Waals surface area contributed by atoms with Crippen molar-refractivity contribution in [3.63, 3.8) is 0 Å². The van der Waals surface area contributed by atoms with Crippen LogP contribution in [0.5, 0.6) is 11.5 Å². The Bertz CT molecular complexity index is 3530. The second-order valence-electron chi connectivity index (χ2n) is 13.5. The molecule has 7 aromatic rings. The van der Waals surface area contributed by atoms with Crippen LogP contribution in [0.4, 0.5) is 45.5 Å². The van der Waals surface area contributed by atoms with Crippen LogP contribution in [0.1, 0.15) is 5.56 Å². The Kier molecular flexibility index (Phi) is 12.2. The SMILES string of the molecule is N=C(O)Nc1ccc2c(O)c(N=Nc3ccc(C(O)=Nc4ccc5c(O)c(N=Nc6ccc(N=Nc7ccc(S(=O)(=O)O)cc7)cc6)c(S(=O)(=O)O)cc5c4)cc3)c(S(=O)(=O)O)cc2c1. The first-order chi connectivity index (χ1) is 30.6. The van der Waals surface area contributed by atoms with Crippen molar-refractivity contribution in [1.82, 2.24) is 0 Å². The maximum absolute atomic E-state index is 12.5. The summed E-state index contributed by atoms with van der Waals surface area (Å²) in [6.45, 7) is 0. The Balaban J connectivity index is 1.10. The lowest BCUT2D eigenvalue weighted by Crippen LogP contribution is -2.08. The Morgan fingerprint density at radius 3 is 1.32 bits per heavy atom. The Morgan fingerprint density at radius 2 is 0.877 bits per heavy atom. The Morgan fingerprint density at radius 1 is 0.477 bits per heavy atom. The zero-order valence-corrected chi connectivity index (χ0v) is 34.9. The average Bonchev–Trinajstić information content (AvgIpc) is 3.24. The van der Waals surface area contributed by atoms with E-state index < -0.39 is 74.9 Å². The van der Waals surface area contributed by atoms with Crippen LogP contribution in [0.3, 0.4) is 0 Å². The number of aliphatic hydroxyl groups excluding tert-OH is 2. The Hall–Kier alpha value is -8.07. The molecule has 7 rings (SSSR count). The van der Waals surface area contributed by atoms with Crippen molar-refractivity contribution in [3.05, 3.63) is 127 Å². The van der Waals surface area contributed by atoms with Crippen molar-refractivity contribution in [3.8, 4) is 11.5 Å². The van der Waals surface area contributed by atoms with Crippen molar-refractivity contribution in [1.29, 1.82) is 5.41 Å². The van der Waals surface area contributed by atoms with Gasteiger partial charge in [-0.1, -0.05) is 0 Å². The molecule has 0 aliphatic carbocycles. The van der Waals surface area contributed by atoms with E-state index in [2.05, 4.69) is 41.0 Å². The molecule has 0 saturated heterocycles. The third-order valence-corrected chi connectivity index (χ3v) is 11.7. The number of anilines is 1. The van der Waals surface area contributed by atoms with Crippen molar-refractivity contribution in [2.45, 2.75) is 14.7 Å². The van der Waals surface area contributed by atoms with E-state index in [4.69, 9.17) is 9.96 Å². The number of hydrogen-bond donors (Lipinski definition) is 9. The lowest BCUT2D eigenvalue weighted by atomic mass is 10.1. The van der Waals surface area contributed by atoms with Crippen molar-refractivity contribution >= 4 is 109 Å². The number of nitrogens with zero attached hydrogens (tertiary/aromatic N) is 7. The minimum atomic E-state index is -5.00. The molecule has 9 N–H and O–H groups in total. The van der Waals surface area contributed by atoms with Gasteiger partial charge in [0, 0.05) is 22.0 Å². The molecule has 0 aromatic heterocycles. The first kappa shape index (κ1) is 45.0. The molecule has 0 unspecified atom stereocenters. The third-order valence-electron chi connectivity index (χ3n) is 9.06. The fraction of sp³-hybridized carbons (Fsp3) is 0. The number of amidine groups is 1. The molecular formula is C40H29N9O13S3. The highest BCUT2D eigenvalue weighted by molar-refractivity contribution is 7.86. The molecule has 0 fully saturated rings. The summed E-state index contributed by atoms with van der Waals surface area (Å²) < 4.78 is 101. The highest BCUT2D eigenvalue weighted by Crippen LogP contribution is 2.44. The van der Waals surface area contributed by atoms with Crippen LogP contribution in [0.2, 0.25) is 0 Å². The lowest BCUT2D eigenvalue weighted by Gasteiger charge is -2.10. The molecule has 0 aliphatic rings. The molecular weight excluding hydrogens is 911 g/mol. The summed E-state index contributed by atoms with van der Waals surface area (Å²) in [7, 11) is -14.3. The second-order valence-corrected chi connectivity index (χ2v) is 17.7. The van der Waals surface area contributed by atoms with Crippen LogP contribution in [0, 0.1) is 5.41 Å². The van der Waals surface area contributed by atoms with Gasteiger partial charge in [0.15, 0.2) is 11.5 Å². The van der Waals surface area contributed by atoms with Crippen molar-refractivity contribution in [2.75, 3.05) is 5.32 Å². The number of fused-ring (bicyclic) bond motifs is 2. The van der Waals surface area contributed by atoms with Gasteiger partial charge in [0.1, 0.15) is 21.2 Å². The number of benzene rings is 7. The molecule has 7 aromatic carbocycles. The van der Waals surface area contributed by atoms with Crippen LogP contribution >= 0.6 is 0 Å². The zero-order chi connectivity index (χ0) is 46.8. The number of phenols is 2. The van der Waals surface area contributed by atoms with Gasteiger partial charge in [0.2, 0.25) is 5.90 Å². The molecule has 0 spiro atoms. The summed E-state index contributed by atoms with van der Waals surface area (Å²) in [5.74, 6) is -1.82. The van der Waals surface area contributed by atoms with Crippen LogP contribution in [0.15, 0.2) is 172 Å². The second kappa shape index (κ2) is 17.6. The molecule has 0 heterocycles. The van der Waals surface area contributed by atoms with Gasteiger partial charge in [-0.2, -0.15) is 45.7 Å². The van der Waals surface area contributed by atoms with Crippen LogP contribution < -0.4 is 5.32 Å². The number of hydrogen-bond acceptors (Lipinski definition) is 16. The molecule has 25 heteroatoms. The van der Waals surface area contributed by atoms with Crippen LogP contribution in [-0.2, 0) is 30.4 Å².